The highest BCUT2D eigenvalue weighted by Crippen LogP contribution is 2.16. The molecular formula is C10H22N2OS. The zero-order valence-electron chi connectivity index (χ0n) is 9.29. The highest BCUT2D eigenvalue weighted by Gasteiger charge is 2.16. The number of rotatable bonds is 8. The van der Waals surface area contributed by atoms with Gasteiger partial charge in [-0.2, -0.15) is 11.8 Å². The van der Waals surface area contributed by atoms with Crippen molar-refractivity contribution in [3.8, 4) is 0 Å². The van der Waals surface area contributed by atoms with Crippen molar-refractivity contribution in [2.75, 3.05) is 51.9 Å². The van der Waals surface area contributed by atoms with E-state index < -0.39 is 0 Å². The quantitative estimate of drug-likeness (QED) is 0.605. The third kappa shape index (κ3) is 5.20. The van der Waals surface area contributed by atoms with Gasteiger partial charge in [-0.05, 0) is 26.6 Å². The van der Waals surface area contributed by atoms with Crippen LogP contribution in [-0.4, -0.2) is 62.8 Å². The summed E-state index contributed by atoms with van der Waals surface area (Å²) in [7, 11) is 3.90. The summed E-state index contributed by atoms with van der Waals surface area (Å²) >= 11 is 2.03. The van der Waals surface area contributed by atoms with E-state index in [2.05, 4.69) is 17.3 Å². The number of methoxy groups -OCH3 is 1. The van der Waals surface area contributed by atoms with Crippen LogP contribution in [0.2, 0.25) is 0 Å². The second-order valence-corrected chi connectivity index (χ2v) is 4.91. The molecule has 1 aliphatic rings. The number of thioether (sulfide) groups is 1. The molecule has 14 heavy (non-hydrogen) atoms. The van der Waals surface area contributed by atoms with Gasteiger partial charge in [-0.1, -0.05) is 0 Å². The van der Waals surface area contributed by atoms with Crippen LogP contribution in [0.15, 0.2) is 0 Å². The Kier molecular flexibility index (Phi) is 6.60. The first-order valence-electron chi connectivity index (χ1n) is 5.31. The Morgan fingerprint density at radius 3 is 2.79 bits per heavy atom. The van der Waals surface area contributed by atoms with E-state index in [4.69, 9.17) is 4.74 Å². The predicted octanol–water partition coefficient (Wildman–Crippen LogP) is 0.660. The number of likely N-dealkylation sites (N-methyl/N-ethyl adjacent to an activating group) is 1. The average Bonchev–Trinajstić information content (AvgIpc) is 2.11. The molecule has 0 atom stereocenters. The second kappa shape index (κ2) is 7.51. The lowest BCUT2D eigenvalue weighted by atomic mass is 10.3. The monoisotopic (exact) mass is 218 g/mol. The van der Waals surface area contributed by atoms with Crippen molar-refractivity contribution in [3.05, 3.63) is 0 Å². The summed E-state index contributed by atoms with van der Waals surface area (Å²) in [5.74, 6) is 2.61. The van der Waals surface area contributed by atoms with Gasteiger partial charge >= 0.3 is 0 Å². The van der Waals surface area contributed by atoms with E-state index in [1.807, 2.05) is 11.8 Å². The number of hydrogen-bond acceptors (Lipinski definition) is 4. The Morgan fingerprint density at radius 1 is 1.43 bits per heavy atom. The van der Waals surface area contributed by atoms with E-state index >= 15 is 0 Å². The molecule has 84 valence electrons. The summed E-state index contributed by atoms with van der Waals surface area (Å²) in [5.41, 5.74) is 0. The van der Waals surface area contributed by atoms with Gasteiger partial charge in [-0.3, -0.25) is 0 Å². The van der Waals surface area contributed by atoms with Crippen LogP contribution in [0.25, 0.3) is 0 Å². The maximum Gasteiger partial charge on any atom is 0.0589 e. The lowest BCUT2D eigenvalue weighted by Gasteiger charge is -2.26. The third-order valence-corrected chi connectivity index (χ3v) is 3.74. The van der Waals surface area contributed by atoms with Crippen molar-refractivity contribution in [1.29, 1.82) is 0 Å². The van der Waals surface area contributed by atoms with Gasteiger partial charge in [0, 0.05) is 31.2 Å². The predicted molar refractivity (Wildman–Crippen MR) is 63.1 cm³/mol. The van der Waals surface area contributed by atoms with Crippen molar-refractivity contribution in [2.24, 2.45) is 0 Å². The van der Waals surface area contributed by atoms with Crippen LogP contribution in [-0.2, 0) is 4.74 Å². The van der Waals surface area contributed by atoms with Crippen molar-refractivity contribution in [2.45, 2.75) is 12.5 Å². The third-order valence-electron chi connectivity index (χ3n) is 2.46. The van der Waals surface area contributed by atoms with Crippen molar-refractivity contribution < 1.29 is 4.74 Å². The summed E-state index contributed by atoms with van der Waals surface area (Å²) in [5, 5.41) is 3.55. The first kappa shape index (κ1) is 12.3. The van der Waals surface area contributed by atoms with E-state index in [0.29, 0.717) is 0 Å². The number of nitrogens with zero attached hydrogens (tertiary/aromatic N) is 1. The van der Waals surface area contributed by atoms with Crippen LogP contribution in [0.3, 0.4) is 0 Å². The molecule has 0 radical (unpaired) electrons. The minimum absolute atomic E-state index is 0.796. The number of hydrogen-bond donors (Lipinski definition) is 1. The minimum Gasteiger partial charge on any atom is -0.383 e. The van der Waals surface area contributed by atoms with Crippen molar-refractivity contribution in [1.82, 2.24) is 10.2 Å². The Balaban J connectivity index is 1.81. The minimum atomic E-state index is 0.796. The van der Waals surface area contributed by atoms with E-state index in [1.165, 1.54) is 17.9 Å². The summed E-state index contributed by atoms with van der Waals surface area (Å²) in [4.78, 5) is 2.32. The number of nitrogens with one attached hydrogen (secondary N) is 1. The van der Waals surface area contributed by atoms with Gasteiger partial charge in [0.2, 0.25) is 0 Å². The van der Waals surface area contributed by atoms with Gasteiger partial charge in [0.15, 0.2) is 0 Å². The maximum atomic E-state index is 5.02. The van der Waals surface area contributed by atoms with Crippen LogP contribution in [0.4, 0.5) is 0 Å². The topological polar surface area (TPSA) is 24.5 Å². The van der Waals surface area contributed by atoms with Crippen LogP contribution in [0, 0.1) is 0 Å². The molecule has 0 bridgehead atoms. The van der Waals surface area contributed by atoms with Crippen LogP contribution >= 0.6 is 11.8 Å². The molecule has 1 fully saturated rings. The normalized spacial score (nSPS) is 17.4. The Hall–Kier alpha value is 0.230. The molecule has 0 spiro atoms. The average molecular weight is 218 g/mol. The van der Waals surface area contributed by atoms with Crippen molar-refractivity contribution in [3.63, 3.8) is 0 Å². The number of ether oxygens (including phenoxy) is 1. The first-order chi connectivity index (χ1) is 6.83. The molecule has 0 aromatic heterocycles. The van der Waals surface area contributed by atoms with E-state index in [-0.39, 0.29) is 0 Å². The Morgan fingerprint density at radius 2 is 2.21 bits per heavy atom. The zero-order chi connectivity index (χ0) is 10.2. The largest absolute Gasteiger partial charge is 0.383 e. The molecule has 0 amide bonds. The van der Waals surface area contributed by atoms with Gasteiger partial charge in [-0.25, -0.2) is 0 Å². The first-order valence-corrected chi connectivity index (χ1v) is 6.47. The summed E-state index contributed by atoms with van der Waals surface area (Å²) in [6.07, 6.45) is 1.24. The van der Waals surface area contributed by atoms with Crippen molar-refractivity contribution >= 4 is 11.8 Å². The van der Waals surface area contributed by atoms with Crippen LogP contribution < -0.4 is 5.32 Å². The fraction of sp³-hybridized carbons (Fsp3) is 1.00. The molecule has 1 aliphatic heterocycles. The SMILES string of the molecule is COCCN(C)CCCNC1CSC1. The standard InChI is InChI=1S/C10H22N2OS/c1-12(6-7-13-2)5-3-4-11-10-8-14-9-10/h10-11H,3-9H2,1-2H3. The molecule has 0 aromatic rings. The lowest BCUT2D eigenvalue weighted by Crippen LogP contribution is -2.41. The van der Waals surface area contributed by atoms with Crippen LogP contribution in [0.5, 0.6) is 0 Å². The van der Waals surface area contributed by atoms with Gasteiger partial charge in [0.05, 0.1) is 6.61 Å². The molecule has 0 aliphatic carbocycles. The van der Waals surface area contributed by atoms with Gasteiger partial charge < -0.3 is 15.0 Å². The van der Waals surface area contributed by atoms with Crippen LogP contribution in [0.1, 0.15) is 6.42 Å². The van der Waals surface area contributed by atoms with Gasteiger partial charge in [0.25, 0.3) is 0 Å². The maximum absolute atomic E-state index is 5.02. The molecule has 3 nitrogen and oxygen atoms in total. The molecule has 4 heteroatoms. The molecule has 1 heterocycles. The van der Waals surface area contributed by atoms with E-state index in [1.54, 1.807) is 7.11 Å². The molecular weight excluding hydrogens is 196 g/mol. The summed E-state index contributed by atoms with van der Waals surface area (Å²) in [6, 6.07) is 0.796. The second-order valence-electron chi connectivity index (χ2n) is 3.84. The summed E-state index contributed by atoms with van der Waals surface area (Å²) in [6.45, 7) is 4.19. The fourth-order valence-corrected chi connectivity index (χ4v) is 2.07. The molecule has 0 saturated carbocycles. The van der Waals surface area contributed by atoms with E-state index in [9.17, 15) is 0 Å². The Bertz CT molecular complexity index is 142. The molecule has 0 aromatic carbocycles. The lowest BCUT2D eigenvalue weighted by molar-refractivity contribution is 0.160. The molecule has 1 rings (SSSR count). The van der Waals surface area contributed by atoms with E-state index in [0.717, 1.165) is 32.3 Å². The fourth-order valence-electron chi connectivity index (χ4n) is 1.37. The Labute approximate surface area is 91.6 Å². The molecule has 0 unspecified atom stereocenters. The molecule has 1 N–H and O–H groups in total. The van der Waals surface area contributed by atoms with Gasteiger partial charge in [-0.15, -0.1) is 0 Å². The zero-order valence-corrected chi connectivity index (χ0v) is 10.1. The van der Waals surface area contributed by atoms with Gasteiger partial charge in [0.1, 0.15) is 0 Å². The smallest absolute Gasteiger partial charge is 0.0589 e. The molecule has 1 saturated heterocycles. The highest BCUT2D eigenvalue weighted by atomic mass is 32.2. The highest BCUT2D eigenvalue weighted by molar-refractivity contribution is 8.00. The summed E-state index contributed by atoms with van der Waals surface area (Å²) < 4.78 is 5.02.